The first kappa shape index (κ1) is 18.9. The number of nitrogens with one attached hydrogen (secondary N) is 2. The Labute approximate surface area is 169 Å². The van der Waals surface area contributed by atoms with Gasteiger partial charge in [-0.3, -0.25) is 9.59 Å². The van der Waals surface area contributed by atoms with E-state index in [2.05, 4.69) is 15.4 Å². The minimum atomic E-state index is -0.554. The molecule has 2 N–H and O–H groups in total. The molecule has 2 aromatic heterocycles. The molecule has 0 fully saturated rings. The molecule has 0 spiro atoms. The van der Waals surface area contributed by atoms with Gasteiger partial charge in [-0.1, -0.05) is 17.7 Å². The molecule has 4 aromatic rings. The fraction of sp³-hybridized carbons (Fsp3) is 0.0952. The van der Waals surface area contributed by atoms with Gasteiger partial charge in [-0.25, -0.2) is 9.07 Å². The second-order valence-corrected chi connectivity index (χ2v) is 7.05. The number of aryl methyl sites for hydroxylation is 2. The van der Waals surface area contributed by atoms with E-state index in [1.807, 2.05) is 6.92 Å². The zero-order chi connectivity index (χ0) is 20.7. The van der Waals surface area contributed by atoms with Gasteiger partial charge < -0.3 is 10.3 Å². The van der Waals surface area contributed by atoms with Crippen LogP contribution in [0.15, 0.2) is 53.5 Å². The molecule has 0 aliphatic heterocycles. The van der Waals surface area contributed by atoms with Gasteiger partial charge in [-0.2, -0.15) is 5.10 Å². The maximum atomic E-state index is 13.2. The summed E-state index contributed by atoms with van der Waals surface area (Å²) in [7, 11) is 0. The zero-order valence-electron chi connectivity index (χ0n) is 15.6. The van der Waals surface area contributed by atoms with E-state index in [0.717, 1.165) is 5.56 Å². The molecule has 0 saturated heterocycles. The van der Waals surface area contributed by atoms with E-state index >= 15 is 0 Å². The summed E-state index contributed by atoms with van der Waals surface area (Å²) < 4.78 is 14.7. The number of H-pyrrole nitrogens is 1. The van der Waals surface area contributed by atoms with Crippen molar-refractivity contribution < 1.29 is 9.18 Å². The highest BCUT2D eigenvalue weighted by Crippen LogP contribution is 2.21. The number of aromatic amines is 1. The van der Waals surface area contributed by atoms with Crippen LogP contribution < -0.4 is 10.7 Å². The lowest BCUT2D eigenvalue weighted by atomic mass is 10.1. The Bertz CT molecular complexity index is 1310. The number of fused-ring (bicyclic) bond motifs is 1. The first-order valence-corrected chi connectivity index (χ1v) is 9.17. The highest BCUT2D eigenvalue weighted by Gasteiger charge is 2.19. The fourth-order valence-electron chi connectivity index (χ4n) is 3.08. The summed E-state index contributed by atoms with van der Waals surface area (Å²) in [6.07, 6.45) is 1.34. The highest BCUT2D eigenvalue weighted by molar-refractivity contribution is 6.31. The first-order valence-electron chi connectivity index (χ1n) is 8.79. The smallest absolute Gasteiger partial charge is 0.261 e. The van der Waals surface area contributed by atoms with E-state index in [-0.39, 0.29) is 11.4 Å². The van der Waals surface area contributed by atoms with E-state index in [0.29, 0.717) is 33.1 Å². The molecule has 29 heavy (non-hydrogen) atoms. The van der Waals surface area contributed by atoms with E-state index in [4.69, 9.17) is 11.6 Å². The minimum Gasteiger partial charge on any atom is -0.345 e. The Morgan fingerprint density at radius 1 is 1.17 bits per heavy atom. The molecule has 1 amide bonds. The number of carbonyl (C=O) groups is 1. The van der Waals surface area contributed by atoms with Crippen LogP contribution in [0.25, 0.3) is 16.7 Å². The number of benzene rings is 2. The predicted octanol–water partition coefficient (Wildman–Crippen LogP) is 4.38. The van der Waals surface area contributed by atoms with Crippen molar-refractivity contribution in [3.63, 3.8) is 0 Å². The van der Waals surface area contributed by atoms with Crippen LogP contribution in [0, 0.1) is 19.7 Å². The largest absolute Gasteiger partial charge is 0.345 e. The normalized spacial score (nSPS) is 11.0. The van der Waals surface area contributed by atoms with Crippen LogP contribution in [0.5, 0.6) is 0 Å². The Hall–Kier alpha value is -3.45. The maximum Gasteiger partial charge on any atom is 0.261 e. The molecule has 4 rings (SSSR count). The van der Waals surface area contributed by atoms with E-state index in [1.165, 1.54) is 23.0 Å². The highest BCUT2D eigenvalue weighted by atomic mass is 35.5. The van der Waals surface area contributed by atoms with E-state index in [1.54, 1.807) is 37.3 Å². The Kier molecular flexibility index (Phi) is 4.68. The lowest BCUT2D eigenvalue weighted by molar-refractivity contribution is 0.102. The van der Waals surface area contributed by atoms with Gasteiger partial charge in [0.05, 0.1) is 16.8 Å². The van der Waals surface area contributed by atoms with Gasteiger partial charge in [0.1, 0.15) is 17.0 Å². The summed E-state index contributed by atoms with van der Waals surface area (Å²) in [5.74, 6) is -0.924. The lowest BCUT2D eigenvalue weighted by Crippen LogP contribution is -2.22. The topological polar surface area (TPSA) is 79.8 Å². The fourth-order valence-corrected chi connectivity index (χ4v) is 3.26. The molecule has 146 valence electrons. The second kappa shape index (κ2) is 7.18. The number of amides is 1. The Balaban J connectivity index is 1.75. The molecular weight excluding hydrogens is 395 g/mol. The summed E-state index contributed by atoms with van der Waals surface area (Å²) in [5.41, 5.74) is 2.35. The van der Waals surface area contributed by atoms with Crippen molar-refractivity contribution in [1.29, 1.82) is 0 Å². The lowest BCUT2D eigenvalue weighted by Gasteiger charge is -2.07. The van der Waals surface area contributed by atoms with E-state index < -0.39 is 11.3 Å². The van der Waals surface area contributed by atoms with E-state index in [9.17, 15) is 14.0 Å². The quantitative estimate of drug-likeness (QED) is 0.526. The summed E-state index contributed by atoms with van der Waals surface area (Å²) in [5, 5.41) is 7.87. The van der Waals surface area contributed by atoms with Crippen molar-refractivity contribution >= 4 is 34.2 Å². The Morgan fingerprint density at radius 2 is 1.90 bits per heavy atom. The van der Waals surface area contributed by atoms with Crippen molar-refractivity contribution in [1.82, 2.24) is 14.8 Å². The van der Waals surface area contributed by atoms with Gasteiger partial charge in [-0.05, 0) is 55.8 Å². The second-order valence-electron chi connectivity index (χ2n) is 6.65. The van der Waals surface area contributed by atoms with Crippen LogP contribution in [-0.4, -0.2) is 20.7 Å². The molecule has 0 bridgehead atoms. The van der Waals surface area contributed by atoms with Gasteiger partial charge >= 0.3 is 0 Å². The van der Waals surface area contributed by atoms with Gasteiger partial charge in [-0.15, -0.1) is 0 Å². The monoisotopic (exact) mass is 410 g/mol. The number of nitrogens with zero attached hydrogens (tertiary/aromatic N) is 2. The molecule has 0 saturated carbocycles. The standard InChI is InChI=1S/C21H16ClFN4O2/c1-11-3-6-14(9-17(11)22)25-21(29)16-10-24-20-18(19(16)28)12(2)26-27(20)15-7-4-13(23)5-8-15/h3-10H,1-2H3,(H,24,28)(H,25,29). The summed E-state index contributed by atoms with van der Waals surface area (Å²) in [6.45, 7) is 3.53. The first-order chi connectivity index (χ1) is 13.8. The average molecular weight is 411 g/mol. The predicted molar refractivity (Wildman–Crippen MR) is 111 cm³/mol. The van der Waals surface area contributed by atoms with Crippen LogP contribution in [0.4, 0.5) is 10.1 Å². The molecule has 6 nitrogen and oxygen atoms in total. The van der Waals surface area contributed by atoms with Crippen molar-refractivity contribution in [3.05, 3.63) is 86.5 Å². The molecule has 0 unspecified atom stereocenters. The third kappa shape index (κ3) is 3.40. The molecule has 0 atom stereocenters. The number of hydrogen-bond acceptors (Lipinski definition) is 3. The maximum absolute atomic E-state index is 13.2. The van der Waals surface area contributed by atoms with Crippen molar-refractivity contribution in [2.45, 2.75) is 13.8 Å². The Morgan fingerprint density at radius 3 is 2.59 bits per heavy atom. The zero-order valence-corrected chi connectivity index (χ0v) is 16.3. The summed E-state index contributed by atoms with van der Waals surface area (Å²) in [4.78, 5) is 28.6. The van der Waals surface area contributed by atoms with Crippen LogP contribution in [0.3, 0.4) is 0 Å². The molecule has 0 radical (unpaired) electrons. The van der Waals surface area contributed by atoms with Gasteiger partial charge in [0.25, 0.3) is 5.91 Å². The number of carbonyl (C=O) groups excluding carboxylic acids is 1. The average Bonchev–Trinajstić information content (AvgIpc) is 3.03. The number of pyridine rings is 1. The molecule has 0 aliphatic rings. The van der Waals surface area contributed by atoms with Crippen molar-refractivity contribution in [3.8, 4) is 5.69 Å². The molecule has 2 aromatic carbocycles. The molecule has 8 heteroatoms. The third-order valence-electron chi connectivity index (χ3n) is 4.63. The number of anilines is 1. The number of hydrogen-bond donors (Lipinski definition) is 2. The third-order valence-corrected chi connectivity index (χ3v) is 5.04. The molecular formula is C21H16ClFN4O2. The number of rotatable bonds is 3. The number of halogens is 2. The molecule has 0 aliphatic carbocycles. The van der Waals surface area contributed by atoms with Crippen molar-refractivity contribution in [2.75, 3.05) is 5.32 Å². The molecule has 2 heterocycles. The van der Waals surface area contributed by atoms with Crippen LogP contribution in [0.1, 0.15) is 21.6 Å². The van der Waals surface area contributed by atoms with Crippen LogP contribution in [0.2, 0.25) is 5.02 Å². The van der Waals surface area contributed by atoms with Gasteiger partial charge in [0.2, 0.25) is 5.43 Å². The SMILES string of the molecule is Cc1ccc(NC(=O)c2c[nH]c3c(c(C)nn3-c3ccc(F)cc3)c2=O)cc1Cl. The summed E-state index contributed by atoms with van der Waals surface area (Å²) in [6, 6.07) is 10.9. The van der Waals surface area contributed by atoms with Gasteiger partial charge in [0, 0.05) is 16.9 Å². The minimum absolute atomic E-state index is 0.0454. The van der Waals surface area contributed by atoms with Crippen molar-refractivity contribution in [2.24, 2.45) is 0 Å². The number of aromatic nitrogens is 3. The van der Waals surface area contributed by atoms with Crippen LogP contribution in [-0.2, 0) is 0 Å². The summed E-state index contributed by atoms with van der Waals surface area (Å²) >= 11 is 6.09. The van der Waals surface area contributed by atoms with Crippen LogP contribution >= 0.6 is 11.6 Å². The van der Waals surface area contributed by atoms with Gasteiger partial charge in [0.15, 0.2) is 0 Å².